The highest BCUT2D eigenvalue weighted by Crippen LogP contribution is 2.47. The molecule has 9 N–H and O–H groups in total. The van der Waals surface area contributed by atoms with Crippen molar-refractivity contribution in [3.05, 3.63) is 41.5 Å². The lowest BCUT2D eigenvalue weighted by Crippen LogP contribution is -2.60. The normalized spacial score (nSPS) is 35.8. The fourth-order valence-electron chi connectivity index (χ4n) is 6.51. The Balaban J connectivity index is 1.31. The van der Waals surface area contributed by atoms with E-state index in [1.54, 1.807) is 30.3 Å². The molecule has 0 amide bonds. The fourth-order valence-corrected chi connectivity index (χ4v) is 6.51. The average molecular weight is 715 g/mol. The average Bonchev–Trinajstić information content (AvgIpc) is 3.54. The van der Waals surface area contributed by atoms with Crippen molar-refractivity contribution in [2.24, 2.45) is 11.8 Å². The lowest BCUT2D eigenvalue weighted by molar-refractivity contribution is -0.277. The SMILES string of the molecule is COc1cc(C[C@H]2CO[C@H](c3cc(OC)c(O[C@@H]4O[C@H](CO)[C@@H](O)[C@H](O)[C@H]4O)c(OC)c3)[C@H]2CO)ccc1O[C@@H]1O[C@H](CO)[C@@H](O)[C@H](O)[C@H]1O. The summed E-state index contributed by atoms with van der Waals surface area (Å²) in [6, 6.07) is 8.34. The minimum Gasteiger partial charge on any atom is -0.493 e. The topological polar surface area (TPSA) is 256 Å². The van der Waals surface area contributed by atoms with Crippen LogP contribution in [0.25, 0.3) is 0 Å². The van der Waals surface area contributed by atoms with E-state index in [1.807, 2.05) is 0 Å². The van der Waals surface area contributed by atoms with Crippen LogP contribution < -0.4 is 23.7 Å². The zero-order chi connectivity index (χ0) is 36.3. The number of hydrogen-bond acceptors (Lipinski definition) is 17. The van der Waals surface area contributed by atoms with Crippen LogP contribution in [-0.2, 0) is 20.6 Å². The second-order valence-corrected chi connectivity index (χ2v) is 12.4. The molecular formula is C33H46O17. The smallest absolute Gasteiger partial charge is 0.229 e. The predicted molar refractivity (Wildman–Crippen MR) is 168 cm³/mol. The standard InChI is InChI=1S/C33H46O17/c1-43-19-7-14(4-5-18(19)47-32-28(41)26(39)24(37)22(11-35)48-32)6-16-13-46-30(17(16)10-34)15-8-20(44-2)31(21(9-15)45-3)50-33-29(42)27(40)25(38)23(12-36)49-33/h4-5,7-9,16-17,22-30,32-42H,6,10-13H2,1-3H3/t16-,17-,22+,23+,24+,25+,26-,27-,28+,29+,30+,32+,33-/m0/s1. The van der Waals surface area contributed by atoms with Gasteiger partial charge < -0.3 is 83.9 Å². The quantitative estimate of drug-likeness (QED) is 0.105. The van der Waals surface area contributed by atoms with Gasteiger partial charge in [-0.15, -0.1) is 0 Å². The van der Waals surface area contributed by atoms with Crippen molar-refractivity contribution in [2.75, 3.05) is 47.8 Å². The zero-order valence-electron chi connectivity index (χ0n) is 27.7. The molecule has 3 aliphatic heterocycles. The van der Waals surface area contributed by atoms with E-state index in [0.717, 1.165) is 5.56 Å². The van der Waals surface area contributed by atoms with Gasteiger partial charge in [-0.1, -0.05) is 6.07 Å². The Labute approximate surface area is 287 Å². The van der Waals surface area contributed by atoms with Gasteiger partial charge in [-0.05, 0) is 47.7 Å². The van der Waals surface area contributed by atoms with E-state index in [9.17, 15) is 46.0 Å². The molecule has 5 rings (SSSR count). The molecular weight excluding hydrogens is 668 g/mol. The highest BCUT2D eigenvalue weighted by Gasteiger charge is 2.47. The summed E-state index contributed by atoms with van der Waals surface area (Å²) in [6.45, 7) is -1.17. The second kappa shape index (κ2) is 16.5. The highest BCUT2D eigenvalue weighted by molar-refractivity contribution is 5.54. The van der Waals surface area contributed by atoms with Crippen molar-refractivity contribution in [2.45, 2.75) is 73.9 Å². The van der Waals surface area contributed by atoms with E-state index in [1.165, 1.54) is 21.3 Å². The van der Waals surface area contributed by atoms with E-state index in [4.69, 9.17) is 37.9 Å². The first kappa shape index (κ1) is 38.2. The van der Waals surface area contributed by atoms with Gasteiger partial charge in [0.2, 0.25) is 18.3 Å². The first-order valence-electron chi connectivity index (χ1n) is 16.1. The number of hydrogen-bond donors (Lipinski definition) is 9. The second-order valence-electron chi connectivity index (χ2n) is 12.4. The molecule has 3 heterocycles. The molecule has 0 aliphatic carbocycles. The molecule has 0 spiro atoms. The molecule has 2 aromatic rings. The number of aliphatic hydroxyl groups is 9. The van der Waals surface area contributed by atoms with Crippen molar-refractivity contribution in [1.82, 2.24) is 0 Å². The Morgan fingerprint density at radius 3 is 1.66 bits per heavy atom. The largest absolute Gasteiger partial charge is 0.493 e. The molecule has 0 aromatic heterocycles. The van der Waals surface area contributed by atoms with Crippen LogP contribution in [0.15, 0.2) is 30.3 Å². The van der Waals surface area contributed by atoms with Crippen LogP contribution in [0, 0.1) is 11.8 Å². The molecule has 50 heavy (non-hydrogen) atoms. The van der Waals surface area contributed by atoms with Crippen molar-refractivity contribution in [3.63, 3.8) is 0 Å². The highest BCUT2D eigenvalue weighted by atomic mass is 16.7. The number of methoxy groups -OCH3 is 3. The van der Waals surface area contributed by atoms with Crippen LogP contribution in [0.2, 0.25) is 0 Å². The maximum Gasteiger partial charge on any atom is 0.229 e. The van der Waals surface area contributed by atoms with Crippen LogP contribution >= 0.6 is 0 Å². The summed E-state index contributed by atoms with van der Waals surface area (Å²) >= 11 is 0. The van der Waals surface area contributed by atoms with Crippen molar-refractivity contribution in [3.8, 4) is 28.7 Å². The fraction of sp³-hybridized carbons (Fsp3) is 0.636. The Morgan fingerprint density at radius 2 is 1.16 bits per heavy atom. The monoisotopic (exact) mass is 714 g/mol. The molecule has 2 aromatic carbocycles. The summed E-state index contributed by atoms with van der Waals surface area (Å²) in [5, 5.41) is 90.9. The lowest BCUT2D eigenvalue weighted by Gasteiger charge is -2.39. The van der Waals surface area contributed by atoms with Gasteiger partial charge in [0.1, 0.15) is 48.8 Å². The summed E-state index contributed by atoms with van der Waals surface area (Å²) in [4.78, 5) is 0. The van der Waals surface area contributed by atoms with Crippen LogP contribution in [0.1, 0.15) is 17.2 Å². The van der Waals surface area contributed by atoms with Gasteiger partial charge in [0.15, 0.2) is 23.0 Å². The van der Waals surface area contributed by atoms with E-state index >= 15 is 0 Å². The zero-order valence-corrected chi connectivity index (χ0v) is 27.7. The summed E-state index contributed by atoms with van der Waals surface area (Å²) < 4.78 is 45.4. The van der Waals surface area contributed by atoms with Gasteiger partial charge in [0.25, 0.3) is 0 Å². The third kappa shape index (κ3) is 7.59. The predicted octanol–water partition coefficient (Wildman–Crippen LogP) is -2.39. The minimum atomic E-state index is -1.66. The Hall–Kier alpha value is -3.04. The van der Waals surface area contributed by atoms with Crippen LogP contribution in [0.3, 0.4) is 0 Å². The van der Waals surface area contributed by atoms with Crippen LogP contribution in [-0.4, -0.2) is 155 Å². The molecule has 13 atom stereocenters. The van der Waals surface area contributed by atoms with Crippen molar-refractivity contribution >= 4 is 0 Å². The van der Waals surface area contributed by atoms with Crippen LogP contribution in [0.5, 0.6) is 28.7 Å². The van der Waals surface area contributed by atoms with Gasteiger partial charge in [-0.25, -0.2) is 0 Å². The van der Waals surface area contributed by atoms with Gasteiger partial charge in [-0.2, -0.15) is 0 Å². The molecule has 0 saturated carbocycles. The summed E-state index contributed by atoms with van der Waals surface area (Å²) in [5.74, 6) is 0.299. The maximum absolute atomic E-state index is 10.5. The number of rotatable bonds is 13. The molecule has 0 bridgehead atoms. The number of ether oxygens (including phenoxy) is 8. The third-order valence-electron chi connectivity index (χ3n) is 9.41. The van der Waals surface area contributed by atoms with E-state index in [0.29, 0.717) is 17.7 Å². The Kier molecular flexibility index (Phi) is 12.6. The molecule has 17 nitrogen and oxygen atoms in total. The minimum absolute atomic E-state index is 0.0243. The Morgan fingerprint density at radius 1 is 0.620 bits per heavy atom. The van der Waals surface area contributed by atoms with E-state index < -0.39 is 80.7 Å². The van der Waals surface area contributed by atoms with Gasteiger partial charge in [-0.3, -0.25) is 0 Å². The number of aliphatic hydroxyl groups excluding tert-OH is 9. The first-order valence-corrected chi connectivity index (χ1v) is 16.1. The third-order valence-corrected chi connectivity index (χ3v) is 9.41. The van der Waals surface area contributed by atoms with Crippen molar-refractivity contribution < 1.29 is 83.9 Å². The molecule has 0 radical (unpaired) electrons. The summed E-state index contributed by atoms with van der Waals surface area (Å²) in [7, 11) is 4.20. The van der Waals surface area contributed by atoms with E-state index in [-0.39, 0.29) is 48.0 Å². The van der Waals surface area contributed by atoms with Crippen LogP contribution in [0.4, 0.5) is 0 Å². The summed E-state index contributed by atoms with van der Waals surface area (Å²) in [6.07, 6.45) is -14.9. The van der Waals surface area contributed by atoms with Gasteiger partial charge in [0, 0.05) is 12.5 Å². The molecule has 3 fully saturated rings. The molecule has 0 unspecified atom stereocenters. The summed E-state index contributed by atoms with van der Waals surface area (Å²) in [5.41, 5.74) is 1.41. The van der Waals surface area contributed by atoms with E-state index in [2.05, 4.69) is 0 Å². The molecule has 3 aliphatic rings. The molecule has 280 valence electrons. The first-order chi connectivity index (χ1) is 24.0. The Bertz CT molecular complexity index is 1380. The molecule has 3 saturated heterocycles. The maximum atomic E-state index is 10.5. The molecule has 17 heteroatoms. The lowest BCUT2D eigenvalue weighted by atomic mass is 9.84. The van der Waals surface area contributed by atoms with Gasteiger partial charge in [0.05, 0.1) is 47.3 Å². The number of benzene rings is 2. The van der Waals surface area contributed by atoms with Crippen molar-refractivity contribution in [1.29, 1.82) is 0 Å². The van der Waals surface area contributed by atoms with Gasteiger partial charge >= 0.3 is 0 Å².